The van der Waals surface area contributed by atoms with E-state index in [0.717, 1.165) is 12.8 Å². The van der Waals surface area contributed by atoms with Crippen molar-refractivity contribution in [3.05, 3.63) is 23.7 Å². The van der Waals surface area contributed by atoms with Crippen LogP contribution in [0.25, 0.3) is 0 Å². The number of amides is 1. The molecule has 0 saturated heterocycles. The van der Waals surface area contributed by atoms with Crippen LogP contribution in [-0.4, -0.2) is 29.3 Å². The Labute approximate surface area is 108 Å². The van der Waals surface area contributed by atoms with Gasteiger partial charge < -0.3 is 9.32 Å². The fourth-order valence-electron chi connectivity index (χ4n) is 2.03. The summed E-state index contributed by atoms with van der Waals surface area (Å²) in [5.41, 5.74) is 0.641. The van der Waals surface area contributed by atoms with Crippen LogP contribution in [0.1, 0.15) is 42.8 Å². The van der Waals surface area contributed by atoms with E-state index in [9.17, 15) is 4.79 Å². The molecular formula is C13H20ClNO2. The first-order valence-corrected chi connectivity index (χ1v) is 6.60. The van der Waals surface area contributed by atoms with Crippen molar-refractivity contribution in [3.8, 4) is 0 Å². The van der Waals surface area contributed by atoms with Gasteiger partial charge in [-0.3, -0.25) is 4.79 Å². The molecule has 0 spiro atoms. The van der Waals surface area contributed by atoms with Gasteiger partial charge in [-0.15, -0.1) is 11.6 Å². The van der Waals surface area contributed by atoms with Gasteiger partial charge in [-0.05, 0) is 25.8 Å². The number of halogens is 1. The lowest BCUT2D eigenvalue weighted by Crippen LogP contribution is -2.41. The molecular weight excluding hydrogens is 238 g/mol. The third-order valence-corrected chi connectivity index (χ3v) is 3.23. The van der Waals surface area contributed by atoms with Gasteiger partial charge in [0.15, 0.2) is 0 Å². The van der Waals surface area contributed by atoms with E-state index < -0.39 is 0 Å². The van der Waals surface area contributed by atoms with E-state index >= 15 is 0 Å². The summed E-state index contributed by atoms with van der Waals surface area (Å²) in [5, 5.41) is 0. The number of aryl methyl sites for hydroxylation is 1. The SMILES string of the molecule is CCC(CC)N(CCCl)C(=O)c1ccoc1C. The van der Waals surface area contributed by atoms with Crippen LogP contribution in [0.3, 0.4) is 0 Å². The van der Waals surface area contributed by atoms with Crippen molar-refractivity contribution in [2.24, 2.45) is 0 Å². The molecule has 0 aliphatic rings. The predicted molar refractivity (Wildman–Crippen MR) is 69.6 cm³/mol. The Morgan fingerprint density at radius 2 is 2.12 bits per heavy atom. The van der Waals surface area contributed by atoms with Crippen molar-refractivity contribution < 1.29 is 9.21 Å². The molecule has 0 atom stereocenters. The fraction of sp³-hybridized carbons (Fsp3) is 0.615. The Kier molecular flexibility index (Phi) is 5.56. The Hall–Kier alpha value is -0.960. The zero-order valence-electron chi connectivity index (χ0n) is 10.7. The molecule has 17 heavy (non-hydrogen) atoms. The molecule has 96 valence electrons. The summed E-state index contributed by atoms with van der Waals surface area (Å²) in [4.78, 5) is 14.2. The van der Waals surface area contributed by atoms with Crippen molar-refractivity contribution in [1.82, 2.24) is 4.90 Å². The standard InChI is InChI=1S/C13H20ClNO2/c1-4-11(5-2)15(8-7-14)13(16)12-6-9-17-10(12)3/h6,9,11H,4-5,7-8H2,1-3H3. The van der Waals surface area contributed by atoms with Gasteiger partial charge in [0.05, 0.1) is 11.8 Å². The van der Waals surface area contributed by atoms with Crippen molar-refractivity contribution in [2.75, 3.05) is 12.4 Å². The van der Waals surface area contributed by atoms with Gasteiger partial charge in [0, 0.05) is 18.5 Å². The highest BCUT2D eigenvalue weighted by Gasteiger charge is 2.23. The monoisotopic (exact) mass is 257 g/mol. The van der Waals surface area contributed by atoms with Crippen molar-refractivity contribution in [3.63, 3.8) is 0 Å². The van der Waals surface area contributed by atoms with Crippen LogP contribution in [0.15, 0.2) is 16.7 Å². The molecule has 0 radical (unpaired) electrons. The van der Waals surface area contributed by atoms with Gasteiger partial charge in [0.2, 0.25) is 0 Å². The highest BCUT2D eigenvalue weighted by Crippen LogP contribution is 2.17. The zero-order valence-corrected chi connectivity index (χ0v) is 11.5. The van der Waals surface area contributed by atoms with Crippen LogP contribution in [0, 0.1) is 6.92 Å². The number of nitrogens with zero attached hydrogens (tertiary/aromatic N) is 1. The summed E-state index contributed by atoms with van der Waals surface area (Å²) < 4.78 is 5.18. The molecule has 0 N–H and O–H groups in total. The topological polar surface area (TPSA) is 33.5 Å². The molecule has 4 heteroatoms. The third kappa shape index (κ3) is 3.25. The van der Waals surface area contributed by atoms with E-state index in [2.05, 4.69) is 13.8 Å². The number of hydrogen-bond acceptors (Lipinski definition) is 2. The molecule has 0 aliphatic heterocycles. The van der Waals surface area contributed by atoms with Crippen molar-refractivity contribution in [1.29, 1.82) is 0 Å². The highest BCUT2D eigenvalue weighted by atomic mass is 35.5. The van der Waals surface area contributed by atoms with E-state index in [0.29, 0.717) is 23.7 Å². The van der Waals surface area contributed by atoms with E-state index in [1.807, 2.05) is 4.90 Å². The summed E-state index contributed by atoms with van der Waals surface area (Å²) in [6.45, 7) is 6.56. The minimum absolute atomic E-state index is 0.0191. The second-order valence-corrected chi connectivity index (χ2v) is 4.43. The maximum absolute atomic E-state index is 12.4. The van der Waals surface area contributed by atoms with Gasteiger partial charge in [-0.25, -0.2) is 0 Å². The molecule has 0 aromatic carbocycles. The molecule has 1 rings (SSSR count). The molecule has 0 fully saturated rings. The summed E-state index contributed by atoms with van der Waals surface area (Å²) in [6, 6.07) is 1.97. The quantitative estimate of drug-likeness (QED) is 0.732. The maximum Gasteiger partial charge on any atom is 0.257 e. The first kappa shape index (κ1) is 14.1. The molecule has 0 unspecified atom stereocenters. The summed E-state index contributed by atoms with van der Waals surface area (Å²) in [5.74, 6) is 1.14. The molecule has 3 nitrogen and oxygen atoms in total. The predicted octanol–water partition coefficient (Wildman–Crippen LogP) is 3.46. The van der Waals surface area contributed by atoms with Crippen molar-refractivity contribution in [2.45, 2.75) is 39.7 Å². The van der Waals surface area contributed by atoms with E-state index in [4.69, 9.17) is 16.0 Å². The molecule has 1 aromatic heterocycles. The van der Waals surface area contributed by atoms with Crippen LogP contribution in [-0.2, 0) is 0 Å². The van der Waals surface area contributed by atoms with Gasteiger partial charge in [-0.1, -0.05) is 13.8 Å². The Bertz CT molecular complexity index is 358. The van der Waals surface area contributed by atoms with E-state index in [1.165, 1.54) is 0 Å². The molecule has 1 heterocycles. The van der Waals surface area contributed by atoms with E-state index in [1.54, 1.807) is 19.3 Å². The lowest BCUT2D eigenvalue weighted by molar-refractivity contribution is 0.0680. The number of carbonyl (C=O) groups is 1. The smallest absolute Gasteiger partial charge is 0.257 e. The van der Waals surface area contributed by atoms with Gasteiger partial charge in [0.25, 0.3) is 5.91 Å². The largest absolute Gasteiger partial charge is 0.469 e. The van der Waals surface area contributed by atoms with Crippen LogP contribution in [0.4, 0.5) is 0 Å². The average Bonchev–Trinajstić information content (AvgIpc) is 2.75. The zero-order chi connectivity index (χ0) is 12.8. The minimum atomic E-state index is 0.0191. The van der Waals surface area contributed by atoms with Crippen LogP contribution in [0.5, 0.6) is 0 Å². The summed E-state index contributed by atoms with van der Waals surface area (Å²) in [7, 11) is 0. The normalized spacial score (nSPS) is 10.9. The molecule has 0 saturated carbocycles. The molecule has 0 aliphatic carbocycles. The van der Waals surface area contributed by atoms with Crippen molar-refractivity contribution >= 4 is 17.5 Å². The second kappa shape index (κ2) is 6.70. The average molecular weight is 258 g/mol. The van der Waals surface area contributed by atoms with Gasteiger partial charge in [0.1, 0.15) is 5.76 Å². The maximum atomic E-state index is 12.4. The molecule has 0 bridgehead atoms. The minimum Gasteiger partial charge on any atom is -0.469 e. The number of rotatable bonds is 6. The summed E-state index contributed by atoms with van der Waals surface area (Å²) in [6.07, 6.45) is 3.43. The van der Waals surface area contributed by atoms with Crippen LogP contribution >= 0.6 is 11.6 Å². The van der Waals surface area contributed by atoms with Gasteiger partial charge in [-0.2, -0.15) is 0 Å². The molecule has 1 amide bonds. The lowest BCUT2D eigenvalue weighted by atomic mass is 10.1. The lowest BCUT2D eigenvalue weighted by Gasteiger charge is -2.29. The van der Waals surface area contributed by atoms with Crippen LogP contribution < -0.4 is 0 Å². The van der Waals surface area contributed by atoms with Gasteiger partial charge >= 0.3 is 0 Å². The first-order valence-electron chi connectivity index (χ1n) is 6.06. The molecule has 1 aromatic rings. The second-order valence-electron chi connectivity index (χ2n) is 4.05. The fourth-order valence-corrected chi connectivity index (χ4v) is 2.21. The first-order chi connectivity index (χ1) is 8.15. The summed E-state index contributed by atoms with van der Waals surface area (Å²) >= 11 is 5.78. The number of alkyl halides is 1. The Balaban J connectivity index is 2.91. The third-order valence-electron chi connectivity index (χ3n) is 3.06. The Morgan fingerprint density at radius 1 is 1.47 bits per heavy atom. The van der Waals surface area contributed by atoms with E-state index in [-0.39, 0.29) is 11.9 Å². The Morgan fingerprint density at radius 3 is 2.53 bits per heavy atom. The highest BCUT2D eigenvalue weighted by molar-refractivity contribution is 6.18. The number of carbonyl (C=O) groups excluding carboxylic acids is 1. The van der Waals surface area contributed by atoms with Crippen LogP contribution in [0.2, 0.25) is 0 Å². The number of furan rings is 1. The number of hydrogen-bond donors (Lipinski definition) is 0.